The maximum absolute atomic E-state index is 12.6. The zero-order valence-corrected chi connectivity index (χ0v) is 16.7. The first-order valence-corrected chi connectivity index (χ1v) is 10.2. The van der Waals surface area contributed by atoms with Gasteiger partial charge in [0.05, 0.1) is 5.69 Å². The highest BCUT2D eigenvalue weighted by molar-refractivity contribution is 5.56. The lowest BCUT2D eigenvalue weighted by atomic mass is 9.99. The first-order valence-electron chi connectivity index (χ1n) is 10.2. The van der Waals surface area contributed by atoms with Gasteiger partial charge in [0.25, 0.3) is 5.56 Å². The summed E-state index contributed by atoms with van der Waals surface area (Å²) in [6, 6.07) is 10.6. The van der Waals surface area contributed by atoms with Crippen LogP contribution < -0.4 is 10.5 Å². The summed E-state index contributed by atoms with van der Waals surface area (Å²) in [6.07, 6.45) is 6.56. The van der Waals surface area contributed by atoms with E-state index in [0.29, 0.717) is 12.4 Å². The molecule has 1 N–H and O–H groups in total. The van der Waals surface area contributed by atoms with Gasteiger partial charge >= 0.3 is 0 Å². The SMILES string of the molecule is CN1CCCc2cc(CN3CCc4c(nc(-c5cccnc5)[nH]c4=O)C3)ccc21. The Morgan fingerprint density at radius 3 is 2.97 bits per heavy atom. The molecule has 3 aromatic rings. The van der Waals surface area contributed by atoms with Crippen molar-refractivity contribution in [3.8, 4) is 11.4 Å². The molecule has 0 spiro atoms. The van der Waals surface area contributed by atoms with Crippen molar-refractivity contribution in [1.29, 1.82) is 0 Å². The highest BCUT2D eigenvalue weighted by Gasteiger charge is 2.22. The lowest BCUT2D eigenvalue weighted by Gasteiger charge is -2.30. The molecule has 0 amide bonds. The molecule has 0 saturated carbocycles. The molecule has 6 heteroatoms. The standard InChI is InChI=1S/C23H25N5O/c1-27-10-3-5-17-12-16(6-7-21(17)27)14-28-11-8-19-20(15-28)25-22(26-23(19)29)18-4-2-9-24-13-18/h2,4,6-7,9,12-13H,3,5,8,10-11,14-15H2,1H3,(H,25,26,29). The van der Waals surface area contributed by atoms with Gasteiger partial charge in [0, 0.05) is 62.4 Å². The zero-order valence-electron chi connectivity index (χ0n) is 16.7. The first kappa shape index (κ1) is 18.1. The van der Waals surface area contributed by atoms with E-state index in [4.69, 9.17) is 4.98 Å². The lowest BCUT2D eigenvalue weighted by molar-refractivity contribution is 0.240. The Labute approximate surface area is 170 Å². The van der Waals surface area contributed by atoms with E-state index in [0.717, 1.165) is 49.3 Å². The predicted octanol–water partition coefficient (Wildman–Crippen LogP) is 2.77. The van der Waals surface area contributed by atoms with Crippen LogP contribution in [0.3, 0.4) is 0 Å². The Hall–Kier alpha value is -2.99. The van der Waals surface area contributed by atoms with Crippen LogP contribution in [-0.2, 0) is 25.9 Å². The average molecular weight is 387 g/mol. The van der Waals surface area contributed by atoms with Crippen molar-refractivity contribution in [2.45, 2.75) is 32.4 Å². The summed E-state index contributed by atoms with van der Waals surface area (Å²) < 4.78 is 0. The molecule has 0 fully saturated rings. The number of pyridine rings is 1. The van der Waals surface area contributed by atoms with Gasteiger partial charge in [-0.3, -0.25) is 14.7 Å². The molecular weight excluding hydrogens is 362 g/mol. The van der Waals surface area contributed by atoms with Crippen LogP contribution in [0.15, 0.2) is 47.5 Å². The van der Waals surface area contributed by atoms with E-state index in [1.54, 1.807) is 12.4 Å². The van der Waals surface area contributed by atoms with Gasteiger partial charge < -0.3 is 9.88 Å². The number of H-pyrrole nitrogens is 1. The van der Waals surface area contributed by atoms with Gasteiger partial charge in [-0.05, 0) is 48.6 Å². The second-order valence-electron chi connectivity index (χ2n) is 8.03. The second-order valence-corrected chi connectivity index (χ2v) is 8.03. The number of aryl methyl sites for hydroxylation is 1. The topological polar surface area (TPSA) is 65.1 Å². The quantitative estimate of drug-likeness (QED) is 0.749. The van der Waals surface area contributed by atoms with Gasteiger partial charge in [0.1, 0.15) is 5.82 Å². The van der Waals surface area contributed by atoms with Crippen LogP contribution in [0.1, 0.15) is 28.8 Å². The number of fused-ring (bicyclic) bond motifs is 2. The van der Waals surface area contributed by atoms with E-state index in [1.165, 1.54) is 23.2 Å². The Morgan fingerprint density at radius 2 is 2.10 bits per heavy atom. The molecule has 0 bridgehead atoms. The minimum atomic E-state index is -0.0229. The van der Waals surface area contributed by atoms with E-state index in [2.05, 4.69) is 45.0 Å². The number of aromatic nitrogens is 3. The summed E-state index contributed by atoms with van der Waals surface area (Å²) in [6.45, 7) is 3.59. The van der Waals surface area contributed by atoms with Crippen LogP contribution >= 0.6 is 0 Å². The molecule has 0 aliphatic carbocycles. The fourth-order valence-corrected chi connectivity index (χ4v) is 4.46. The molecule has 2 aromatic heterocycles. The molecule has 29 heavy (non-hydrogen) atoms. The Kier molecular flexibility index (Phi) is 4.64. The lowest BCUT2D eigenvalue weighted by Crippen LogP contribution is -2.35. The minimum Gasteiger partial charge on any atom is -0.374 e. The highest BCUT2D eigenvalue weighted by atomic mass is 16.1. The van der Waals surface area contributed by atoms with E-state index < -0.39 is 0 Å². The summed E-state index contributed by atoms with van der Waals surface area (Å²) >= 11 is 0. The molecule has 2 aliphatic rings. The number of nitrogens with one attached hydrogen (secondary N) is 1. The van der Waals surface area contributed by atoms with Gasteiger partial charge in [0.2, 0.25) is 0 Å². The zero-order chi connectivity index (χ0) is 19.8. The number of rotatable bonds is 3. The van der Waals surface area contributed by atoms with E-state index >= 15 is 0 Å². The monoisotopic (exact) mass is 387 g/mol. The maximum atomic E-state index is 12.6. The summed E-state index contributed by atoms with van der Waals surface area (Å²) in [7, 11) is 2.17. The van der Waals surface area contributed by atoms with Crippen molar-refractivity contribution in [2.75, 3.05) is 25.0 Å². The normalized spacial score (nSPS) is 16.4. The number of hydrogen-bond acceptors (Lipinski definition) is 5. The third kappa shape index (κ3) is 3.56. The van der Waals surface area contributed by atoms with Gasteiger partial charge in [-0.2, -0.15) is 0 Å². The summed E-state index contributed by atoms with van der Waals surface area (Å²) in [4.78, 5) is 29.1. The molecule has 0 radical (unpaired) electrons. The largest absolute Gasteiger partial charge is 0.374 e. The Balaban J connectivity index is 1.38. The maximum Gasteiger partial charge on any atom is 0.254 e. The van der Waals surface area contributed by atoms with Crippen LogP contribution in [0.5, 0.6) is 0 Å². The highest BCUT2D eigenvalue weighted by Crippen LogP contribution is 2.28. The van der Waals surface area contributed by atoms with Crippen molar-refractivity contribution in [2.24, 2.45) is 0 Å². The molecule has 148 valence electrons. The molecule has 4 heterocycles. The van der Waals surface area contributed by atoms with Crippen LogP contribution in [0.2, 0.25) is 0 Å². The molecule has 0 unspecified atom stereocenters. The fraction of sp³-hybridized carbons (Fsp3) is 0.348. The third-order valence-corrected chi connectivity index (χ3v) is 5.99. The molecule has 6 nitrogen and oxygen atoms in total. The van der Waals surface area contributed by atoms with Crippen LogP contribution in [0, 0.1) is 0 Å². The van der Waals surface area contributed by atoms with Crippen molar-refractivity contribution in [3.05, 3.63) is 75.5 Å². The average Bonchev–Trinajstić information content (AvgIpc) is 2.74. The van der Waals surface area contributed by atoms with Gasteiger partial charge in [-0.25, -0.2) is 4.98 Å². The summed E-state index contributed by atoms with van der Waals surface area (Å²) in [5.41, 5.74) is 6.66. The smallest absolute Gasteiger partial charge is 0.254 e. The Bertz CT molecular complexity index is 1090. The molecule has 5 rings (SSSR count). The van der Waals surface area contributed by atoms with Crippen LogP contribution in [0.4, 0.5) is 5.69 Å². The van der Waals surface area contributed by atoms with Gasteiger partial charge in [0.15, 0.2) is 0 Å². The van der Waals surface area contributed by atoms with Crippen molar-refractivity contribution >= 4 is 5.69 Å². The van der Waals surface area contributed by atoms with Gasteiger partial charge in [-0.15, -0.1) is 0 Å². The van der Waals surface area contributed by atoms with E-state index in [9.17, 15) is 4.79 Å². The minimum absolute atomic E-state index is 0.0229. The number of nitrogens with zero attached hydrogens (tertiary/aromatic N) is 4. The van der Waals surface area contributed by atoms with Crippen LogP contribution in [-0.4, -0.2) is 40.0 Å². The molecule has 1 aromatic carbocycles. The van der Waals surface area contributed by atoms with Crippen molar-refractivity contribution in [1.82, 2.24) is 19.9 Å². The summed E-state index contributed by atoms with van der Waals surface area (Å²) in [5, 5.41) is 0. The van der Waals surface area contributed by atoms with Gasteiger partial charge in [-0.1, -0.05) is 12.1 Å². The number of aromatic amines is 1. The van der Waals surface area contributed by atoms with E-state index in [1.807, 2.05) is 12.1 Å². The molecule has 0 saturated heterocycles. The third-order valence-electron chi connectivity index (χ3n) is 5.99. The molecular formula is C23H25N5O. The predicted molar refractivity (Wildman–Crippen MR) is 114 cm³/mol. The second kappa shape index (κ2) is 7.44. The Morgan fingerprint density at radius 1 is 1.17 bits per heavy atom. The van der Waals surface area contributed by atoms with Crippen molar-refractivity contribution in [3.63, 3.8) is 0 Å². The molecule has 0 atom stereocenters. The first-order chi connectivity index (χ1) is 14.2. The molecule has 2 aliphatic heterocycles. The number of anilines is 1. The van der Waals surface area contributed by atoms with Crippen LogP contribution in [0.25, 0.3) is 11.4 Å². The fourth-order valence-electron chi connectivity index (χ4n) is 4.46. The van der Waals surface area contributed by atoms with Crippen molar-refractivity contribution < 1.29 is 0 Å². The van der Waals surface area contributed by atoms with E-state index in [-0.39, 0.29) is 5.56 Å². The number of hydrogen-bond donors (Lipinski definition) is 1. The number of benzene rings is 1. The summed E-state index contributed by atoms with van der Waals surface area (Å²) in [5.74, 6) is 0.598.